The molecule has 3 heterocycles. The molecule has 2 fully saturated rings. The van der Waals surface area contributed by atoms with Crippen molar-refractivity contribution in [1.29, 1.82) is 0 Å². The number of cyclic esters (lactones) is 1. The minimum atomic E-state index is -0.438. The van der Waals surface area contributed by atoms with E-state index in [0.717, 1.165) is 37.4 Å². The molecule has 0 bridgehead atoms. The summed E-state index contributed by atoms with van der Waals surface area (Å²) in [6, 6.07) is 5.04. The fourth-order valence-electron chi connectivity index (χ4n) is 3.56. The van der Waals surface area contributed by atoms with Gasteiger partial charge < -0.3 is 9.64 Å². The van der Waals surface area contributed by atoms with Gasteiger partial charge in [-0.2, -0.15) is 11.8 Å². The Hall–Kier alpha value is -2.00. The Labute approximate surface area is 162 Å². The van der Waals surface area contributed by atoms with Crippen molar-refractivity contribution in [2.24, 2.45) is 4.99 Å². The van der Waals surface area contributed by atoms with Gasteiger partial charge in [0.05, 0.1) is 24.5 Å². The molecule has 0 radical (unpaired) electrons. The van der Waals surface area contributed by atoms with Crippen molar-refractivity contribution in [3.05, 3.63) is 24.0 Å². The van der Waals surface area contributed by atoms with E-state index < -0.39 is 6.09 Å². The van der Waals surface area contributed by atoms with E-state index in [1.807, 2.05) is 17.8 Å². The summed E-state index contributed by atoms with van der Waals surface area (Å²) in [6.45, 7) is 3.16. The molecule has 1 N–H and O–H groups in total. The number of benzene rings is 1. The van der Waals surface area contributed by atoms with Gasteiger partial charge in [0, 0.05) is 13.1 Å². The Morgan fingerprint density at radius 2 is 2.11 bits per heavy atom. The van der Waals surface area contributed by atoms with Gasteiger partial charge in [-0.1, -0.05) is 0 Å². The topological polar surface area (TPSA) is 60.4 Å². The third-order valence-corrected chi connectivity index (χ3v) is 6.03. The highest BCUT2D eigenvalue weighted by atomic mass is 32.2. The number of aliphatic imine (C=N–C) groups is 1. The molecular formula is C18H24FN5O2S. The summed E-state index contributed by atoms with van der Waals surface area (Å²) in [6.07, 6.45) is 3.07. The molecule has 0 saturated carbocycles. The van der Waals surface area contributed by atoms with Crippen molar-refractivity contribution < 1.29 is 13.9 Å². The number of ether oxygens (including phenoxy) is 1. The van der Waals surface area contributed by atoms with Crippen LogP contribution in [0.3, 0.4) is 0 Å². The van der Waals surface area contributed by atoms with Crippen LogP contribution >= 0.6 is 11.8 Å². The number of nitrogens with one attached hydrogen (secondary N) is 1. The zero-order chi connectivity index (χ0) is 18.6. The van der Waals surface area contributed by atoms with E-state index >= 15 is 0 Å². The molecule has 146 valence electrons. The lowest BCUT2D eigenvalue weighted by atomic mass is 10.2. The van der Waals surface area contributed by atoms with Crippen LogP contribution in [0, 0.1) is 5.82 Å². The molecule has 3 aliphatic rings. The number of carbonyl (C=O) groups is 1. The maximum absolute atomic E-state index is 14.8. The van der Waals surface area contributed by atoms with Gasteiger partial charge in [0.25, 0.3) is 0 Å². The molecule has 9 heteroatoms. The molecule has 4 rings (SSSR count). The number of nitrogens with zero attached hydrogens (tertiary/aromatic N) is 4. The highest BCUT2D eigenvalue weighted by molar-refractivity contribution is 7.99. The Bertz CT molecular complexity index is 711. The first-order valence-electron chi connectivity index (χ1n) is 9.31. The van der Waals surface area contributed by atoms with Gasteiger partial charge in [-0.15, -0.1) is 0 Å². The van der Waals surface area contributed by atoms with Crippen molar-refractivity contribution in [3.8, 4) is 0 Å². The van der Waals surface area contributed by atoms with E-state index in [-0.39, 0.29) is 11.9 Å². The number of hydrogen-bond acceptors (Lipinski definition) is 7. The van der Waals surface area contributed by atoms with Gasteiger partial charge >= 0.3 is 6.09 Å². The maximum Gasteiger partial charge on any atom is 0.414 e. The molecule has 0 aliphatic carbocycles. The molecule has 1 atom stereocenters. The molecule has 7 nitrogen and oxygen atoms in total. The Kier molecular flexibility index (Phi) is 5.68. The highest BCUT2D eigenvalue weighted by Gasteiger charge is 2.34. The minimum absolute atomic E-state index is 0.287. The molecule has 1 aromatic rings. The van der Waals surface area contributed by atoms with Crippen molar-refractivity contribution in [2.45, 2.75) is 18.9 Å². The number of anilines is 2. The minimum Gasteiger partial charge on any atom is -0.442 e. The van der Waals surface area contributed by atoms with Crippen LogP contribution < -0.4 is 15.2 Å². The van der Waals surface area contributed by atoms with Crippen molar-refractivity contribution in [1.82, 2.24) is 10.4 Å². The number of rotatable bonds is 4. The molecule has 0 aromatic heterocycles. The highest BCUT2D eigenvalue weighted by Crippen LogP contribution is 2.29. The van der Waals surface area contributed by atoms with E-state index in [4.69, 9.17) is 4.74 Å². The lowest BCUT2D eigenvalue weighted by molar-refractivity contribution is 0.120. The molecule has 2 saturated heterocycles. The van der Waals surface area contributed by atoms with Gasteiger partial charge in [0.15, 0.2) is 0 Å². The quantitative estimate of drug-likeness (QED) is 0.847. The number of thioether (sulfide) groups is 1. The van der Waals surface area contributed by atoms with E-state index in [1.165, 1.54) is 11.0 Å². The van der Waals surface area contributed by atoms with Crippen LogP contribution in [0.1, 0.15) is 12.8 Å². The number of carbonyl (C=O) groups excluding carboxylic acids is 1. The lowest BCUT2D eigenvalue weighted by Crippen LogP contribution is -2.39. The summed E-state index contributed by atoms with van der Waals surface area (Å²) in [5.41, 5.74) is 4.20. The van der Waals surface area contributed by atoms with Gasteiger partial charge in [-0.25, -0.2) is 14.6 Å². The van der Waals surface area contributed by atoms with E-state index in [0.29, 0.717) is 31.1 Å². The van der Waals surface area contributed by atoms with Crippen LogP contribution in [0.25, 0.3) is 0 Å². The summed E-state index contributed by atoms with van der Waals surface area (Å²) in [7, 11) is 0. The predicted octanol–water partition coefficient (Wildman–Crippen LogP) is 2.29. The van der Waals surface area contributed by atoms with Crippen molar-refractivity contribution in [2.75, 3.05) is 54.2 Å². The largest absolute Gasteiger partial charge is 0.442 e. The van der Waals surface area contributed by atoms with Crippen molar-refractivity contribution in [3.63, 3.8) is 0 Å². The fourth-order valence-corrected chi connectivity index (χ4v) is 4.43. The van der Waals surface area contributed by atoms with Crippen LogP contribution in [-0.2, 0) is 4.74 Å². The summed E-state index contributed by atoms with van der Waals surface area (Å²) in [5.74, 6) is 1.95. The molecule has 27 heavy (non-hydrogen) atoms. The Balaban J connectivity index is 1.43. The number of halogens is 1. The summed E-state index contributed by atoms with van der Waals surface area (Å²) in [4.78, 5) is 19.9. The zero-order valence-corrected chi connectivity index (χ0v) is 16.0. The molecular weight excluding hydrogens is 369 g/mol. The molecule has 1 aromatic carbocycles. The monoisotopic (exact) mass is 393 g/mol. The van der Waals surface area contributed by atoms with E-state index in [1.54, 1.807) is 17.4 Å². The fraction of sp³-hybridized carbons (Fsp3) is 0.556. The molecule has 1 amide bonds. The number of hydrazine groups is 1. The third kappa shape index (κ3) is 4.30. The Morgan fingerprint density at radius 3 is 2.81 bits per heavy atom. The van der Waals surface area contributed by atoms with Crippen LogP contribution in [0.2, 0.25) is 0 Å². The lowest BCUT2D eigenvalue weighted by Gasteiger charge is -2.27. The second-order valence-corrected chi connectivity index (χ2v) is 8.05. The number of hydrogen-bond donors (Lipinski definition) is 1. The average molecular weight is 393 g/mol. The average Bonchev–Trinajstić information content (AvgIpc) is 3.25. The number of amides is 1. The first-order valence-corrected chi connectivity index (χ1v) is 10.5. The maximum atomic E-state index is 14.8. The predicted molar refractivity (Wildman–Crippen MR) is 106 cm³/mol. The summed E-state index contributed by atoms with van der Waals surface area (Å²) in [5, 5.41) is 1.80. The molecule has 0 spiro atoms. The summed E-state index contributed by atoms with van der Waals surface area (Å²) < 4.78 is 20.2. The van der Waals surface area contributed by atoms with Gasteiger partial charge in [0.1, 0.15) is 24.9 Å². The first-order chi connectivity index (χ1) is 13.2. The van der Waals surface area contributed by atoms with Crippen LogP contribution in [-0.4, -0.2) is 67.9 Å². The third-order valence-electron chi connectivity index (χ3n) is 4.88. The first kappa shape index (κ1) is 18.4. The van der Waals surface area contributed by atoms with Crippen molar-refractivity contribution >= 4 is 35.6 Å². The van der Waals surface area contributed by atoms with Crippen LogP contribution in [0.4, 0.5) is 20.6 Å². The molecule has 3 aliphatic heterocycles. The molecule has 1 unspecified atom stereocenters. The second kappa shape index (κ2) is 8.35. The van der Waals surface area contributed by atoms with Gasteiger partial charge in [-0.3, -0.25) is 14.9 Å². The second-order valence-electron chi connectivity index (χ2n) is 6.83. The zero-order valence-electron chi connectivity index (χ0n) is 15.1. The van der Waals surface area contributed by atoms with E-state index in [9.17, 15) is 9.18 Å². The SMILES string of the molecule is O=C1OC(CN2C=NCN2)CN1c1ccc(N2CCCSCCC2)c(F)c1. The van der Waals surface area contributed by atoms with E-state index in [2.05, 4.69) is 15.3 Å². The smallest absolute Gasteiger partial charge is 0.414 e. The summed E-state index contributed by atoms with van der Waals surface area (Å²) >= 11 is 1.97. The van der Waals surface area contributed by atoms with Gasteiger partial charge in [-0.05, 0) is 42.5 Å². The normalized spacial score (nSPS) is 23.5. The standard InChI is InChI=1S/C18H24FN5O2S/c19-16-9-14(3-4-17(16)22-5-1-7-27-8-2-6-22)24-11-15(26-18(24)25)10-23-13-20-12-21-23/h3-4,9,13,15,21H,1-2,5-8,10-12H2. The van der Waals surface area contributed by atoms with Gasteiger partial charge in [0.2, 0.25) is 0 Å². The van der Waals surface area contributed by atoms with Crippen LogP contribution in [0.5, 0.6) is 0 Å². The Morgan fingerprint density at radius 1 is 1.30 bits per heavy atom. The van der Waals surface area contributed by atoms with Crippen LogP contribution in [0.15, 0.2) is 23.2 Å².